The third kappa shape index (κ3) is 6.58. The average Bonchev–Trinajstić information content (AvgIpc) is 1.99. The lowest BCUT2D eigenvalue weighted by molar-refractivity contribution is -0.125. The van der Waals surface area contributed by atoms with Crippen molar-refractivity contribution in [2.24, 2.45) is 5.92 Å². The van der Waals surface area contributed by atoms with Crippen LogP contribution in [0.2, 0.25) is 0 Å². The predicted molar refractivity (Wildman–Crippen MR) is 53.4 cm³/mol. The van der Waals surface area contributed by atoms with Crippen LogP contribution < -0.4 is 5.32 Å². The van der Waals surface area contributed by atoms with E-state index in [-0.39, 0.29) is 11.8 Å². The normalized spacial score (nSPS) is 13.9. The Bertz CT molecular complexity index is 161. The molecule has 0 aliphatic rings. The number of carbonyl (C=O) groups excluding carboxylic acids is 1. The molecule has 0 rings (SSSR count). The van der Waals surface area contributed by atoms with Crippen molar-refractivity contribution in [1.29, 1.82) is 0 Å². The fraction of sp³-hybridized carbons (Fsp3) is 0.900. The molecule has 1 unspecified atom stereocenters. The van der Waals surface area contributed by atoms with E-state index in [1.54, 1.807) is 13.8 Å². The summed E-state index contributed by atoms with van der Waals surface area (Å²) >= 11 is 0. The molecule has 1 amide bonds. The van der Waals surface area contributed by atoms with E-state index in [0.29, 0.717) is 6.54 Å². The topological polar surface area (TPSA) is 49.3 Å². The van der Waals surface area contributed by atoms with Crippen LogP contribution in [0.25, 0.3) is 0 Å². The molecule has 13 heavy (non-hydrogen) atoms. The molecule has 0 heterocycles. The Morgan fingerprint density at radius 2 is 2.08 bits per heavy atom. The maximum atomic E-state index is 11.4. The third-order valence-corrected chi connectivity index (χ3v) is 1.86. The van der Waals surface area contributed by atoms with Crippen molar-refractivity contribution >= 4 is 5.91 Å². The van der Waals surface area contributed by atoms with E-state index in [4.69, 9.17) is 0 Å². The molecule has 3 nitrogen and oxygen atoms in total. The lowest BCUT2D eigenvalue weighted by atomic mass is 10.0. The highest BCUT2D eigenvalue weighted by molar-refractivity contribution is 5.78. The van der Waals surface area contributed by atoms with Gasteiger partial charge in [0.25, 0.3) is 0 Å². The molecule has 0 aromatic rings. The second-order valence-corrected chi connectivity index (χ2v) is 4.22. The Morgan fingerprint density at radius 3 is 2.46 bits per heavy atom. The molecule has 0 saturated carbocycles. The maximum absolute atomic E-state index is 11.4. The molecule has 0 fully saturated rings. The third-order valence-electron chi connectivity index (χ3n) is 1.86. The Kier molecular flexibility index (Phi) is 4.99. The summed E-state index contributed by atoms with van der Waals surface area (Å²) in [6.07, 6.45) is 1.91. The molecule has 0 aliphatic carbocycles. The summed E-state index contributed by atoms with van der Waals surface area (Å²) in [5, 5.41) is 12.1. The molecule has 1 atom stereocenters. The van der Waals surface area contributed by atoms with Gasteiger partial charge in [-0.15, -0.1) is 0 Å². The number of amides is 1. The van der Waals surface area contributed by atoms with Gasteiger partial charge in [-0.25, -0.2) is 0 Å². The minimum Gasteiger partial charge on any atom is -0.389 e. The largest absolute Gasteiger partial charge is 0.389 e. The first-order chi connectivity index (χ1) is 5.87. The molecule has 3 heteroatoms. The van der Waals surface area contributed by atoms with Gasteiger partial charge in [0.1, 0.15) is 0 Å². The zero-order valence-corrected chi connectivity index (χ0v) is 9.05. The van der Waals surface area contributed by atoms with Crippen LogP contribution in [-0.2, 0) is 4.79 Å². The van der Waals surface area contributed by atoms with E-state index in [0.717, 1.165) is 12.8 Å². The standard InChI is InChI=1S/C10H21NO2/c1-5-6-8(2)9(12)11-7-10(3,4)13/h8,13H,5-7H2,1-4H3,(H,11,12). The van der Waals surface area contributed by atoms with Crippen molar-refractivity contribution in [3.05, 3.63) is 0 Å². The number of aliphatic hydroxyl groups is 1. The first-order valence-corrected chi connectivity index (χ1v) is 4.87. The van der Waals surface area contributed by atoms with E-state index >= 15 is 0 Å². The minimum atomic E-state index is -0.818. The summed E-state index contributed by atoms with van der Waals surface area (Å²) in [7, 11) is 0. The van der Waals surface area contributed by atoms with Gasteiger partial charge in [0.2, 0.25) is 5.91 Å². The molecule has 0 aromatic heterocycles. The number of nitrogens with one attached hydrogen (secondary N) is 1. The minimum absolute atomic E-state index is 0.0315. The van der Waals surface area contributed by atoms with Gasteiger partial charge in [-0.3, -0.25) is 4.79 Å². The number of hydrogen-bond acceptors (Lipinski definition) is 2. The molecule has 0 aromatic carbocycles. The second-order valence-electron chi connectivity index (χ2n) is 4.22. The van der Waals surface area contributed by atoms with Gasteiger partial charge in [-0.2, -0.15) is 0 Å². The van der Waals surface area contributed by atoms with Gasteiger partial charge in [0.05, 0.1) is 5.60 Å². The van der Waals surface area contributed by atoms with Crippen molar-refractivity contribution in [2.45, 2.75) is 46.1 Å². The highest BCUT2D eigenvalue weighted by Crippen LogP contribution is 2.05. The lowest BCUT2D eigenvalue weighted by Crippen LogP contribution is -2.40. The molecule has 0 bridgehead atoms. The SMILES string of the molecule is CCCC(C)C(=O)NCC(C)(C)O. The molecule has 0 aliphatic heterocycles. The average molecular weight is 187 g/mol. The highest BCUT2D eigenvalue weighted by atomic mass is 16.3. The van der Waals surface area contributed by atoms with Crippen molar-refractivity contribution in [3.8, 4) is 0 Å². The van der Waals surface area contributed by atoms with Crippen molar-refractivity contribution in [3.63, 3.8) is 0 Å². The fourth-order valence-electron chi connectivity index (χ4n) is 1.04. The van der Waals surface area contributed by atoms with Crippen molar-refractivity contribution < 1.29 is 9.90 Å². The van der Waals surface area contributed by atoms with E-state index in [1.165, 1.54) is 0 Å². The zero-order valence-electron chi connectivity index (χ0n) is 9.05. The summed E-state index contributed by atoms with van der Waals surface area (Å²) < 4.78 is 0. The van der Waals surface area contributed by atoms with Crippen LogP contribution in [0.3, 0.4) is 0 Å². The summed E-state index contributed by atoms with van der Waals surface area (Å²) in [5.41, 5.74) is -0.818. The van der Waals surface area contributed by atoms with E-state index in [1.807, 2.05) is 6.92 Å². The monoisotopic (exact) mass is 187 g/mol. The van der Waals surface area contributed by atoms with Gasteiger partial charge >= 0.3 is 0 Å². The lowest BCUT2D eigenvalue weighted by Gasteiger charge is -2.19. The smallest absolute Gasteiger partial charge is 0.222 e. The molecule has 0 spiro atoms. The number of carbonyl (C=O) groups is 1. The number of hydrogen-bond donors (Lipinski definition) is 2. The second kappa shape index (κ2) is 5.22. The van der Waals surface area contributed by atoms with Crippen LogP contribution in [0.1, 0.15) is 40.5 Å². The van der Waals surface area contributed by atoms with E-state index in [2.05, 4.69) is 12.2 Å². The Hall–Kier alpha value is -0.570. The number of rotatable bonds is 5. The predicted octanol–water partition coefficient (Wildman–Crippen LogP) is 1.31. The maximum Gasteiger partial charge on any atom is 0.222 e. The Labute approximate surface area is 80.5 Å². The molecular formula is C10H21NO2. The molecular weight excluding hydrogens is 166 g/mol. The molecule has 78 valence electrons. The van der Waals surface area contributed by atoms with Crippen LogP contribution in [0.4, 0.5) is 0 Å². The van der Waals surface area contributed by atoms with Crippen molar-refractivity contribution in [1.82, 2.24) is 5.32 Å². The summed E-state index contributed by atoms with van der Waals surface area (Å²) in [6, 6.07) is 0. The first kappa shape index (κ1) is 12.4. The Balaban J connectivity index is 3.74. The molecule has 2 N–H and O–H groups in total. The van der Waals surface area contributed by atoms with Crippen LogP contribution >= 0.6 is 0 Å². The van der Waals surface area contributed by atoms with Crippen LogP contribution in [-0.4, -0.2) is 23.2 Å². The molecule has 0 saturated heterocycles. The van der Waals surface area contributed by atoms with Gasteiger partial charge in [0.15, 0.2) is 0 Å². The first-order valence-electron chi connectivity index (χ1n) is 4.87. The van der Waals surface area contributed by atoms with E-state index in [9.17, 15) is 9.90 Å². The molecule has 0 radical (unpaired) electrons. The summed E-state index contributed by atoms with van der Waals surface area (Å²) in [6.45, 7) is 7.64. The van der Waals surface area contributed by atoms with Crippen LogP contribution in [0, 0.1) is 5.92 Å². The van der Waals surface area contributed by atoms with Crippen LogP contribution in [0.15, 0.2) is 0 Å². The van der Waals surface area contributed by atoms with E-state index < -0.39 is 5.60 Å². The van der Waals surface area contributed by atoms with Crippen LogP contribution in [0.5, 0.6) is 0 Å². The van der Waals surface area contributed by atoms with Gasteiger partial charge < -0.3 is 10.4 Å². The van der Waals surface area contributed by atoms with Crippen molar-refractivity contribution in [2.75, 3.05) is 6.54 Å². The van der Waals surface area contributed by atoms with Gasteiger partial charge in [-0.1, -0.05) is 20.3 Å². The summed E-state index contributed by atoms with van der Waals surface area (Å²) in [5.74, 6) is 0.0799. The quantitative estimate of drug-likeness (QED) is 0.681. The van der Waals surface area contributed by atoms with Gasteiger partial charge in [-0.05, 0) is 20.3 Å². The summed E-state index contributed by atoms with van der Waals surface area (Å²) in [4.78, 5) is 11.4. The zero-order chi connectivity index (χ0) is 10.5. The van der Waals surface area contributed by atoms with Gasteiger partial charge in [0, 0.05) is 12.5 Å². The Morgan fingerprint density at radius 1 is 1.54 bits per heavy atom. The highest BCUT2D eigenvalue weighted by Gasteiger charge is 2.16. The fourth-order valence-corrected chi connectivity index (χ4v) is 1.04.